The maximum Gasteiger partial charge on any atom is 0.187 e. The number of aliphatic hydroxyl groups is 7. The lowest BCUT2D eigenvalue weighted by Gasteiger charge is -2.46. The van der Waals surface area contributed by atoms with Crippen molar-refractivity contribution in [2.75, 3.05) is 19.8 Å². The van der Waals surface area contributed by atoms with Crippen LogP contribution >= 0.6 is 0 Å². The van der Waals surface area contributed by atoms with Gasteiger partial charge in [0.25, 0.3) is 0 Å². The van der Waals surface area contributed by atoms with Gasteiger partial charge in [-0.2, -0.15) is 0 Å². The highest BCUT2D eigenvalue weighted by Crippen LogP contribution is 2.29. The highest BCUT2D eigenvalue weighted by molar-refractivity contribution is 4.94. The van der Waals surface area contributed by atoms with Crippen molar-refractivity contribution in [1.82, 2.24) is 0 Å². The number of unbranched alkanes of at least 4 members (excludes halogenated alkanes) is 7. The Balaban J connectivity index is 1.89. The number of hydrogen-bond acceptors (Lipinski definition) is 11. The van der Waals surface area contributed by atoms with E-state index in [-0.39, 0.29) is 6.61 Å². The van der Waals surface area contributed by atoms with Crippen molar-refractivity contribution >= 4 is 0 Å². The summed E-state index contributed by atoms with van der Waals surface area (Å²) in [6, 6.07) is 0. The average molecular weight is 483 g/mol. The summed E-state index contributed by atoms with van der Waals surface area (Å²) < 4.78 is 21.8. The van der Waals surface area contributed by atoms with Gasteiger partial charge in [-0.25, -0.2) is 0 Å². The van der Waals surface area contributed by atoms with Gasteiger partial charge in [-0.05, 0) is 6.42 Å². The van der Waals surface area contributed by atoms with Gasteiger partial charge >= 0.3 is 0 Å². The molecule has 11 heteroatoms. The number of hydrogen-bond donors (Lipinski definition) is 7. The van der Waals surface area contributed by atoms with Crippen molar-refractivity contribution in [2.24, 2.45) is 0 Å². The predicted molar refractivity (Wildman–Crippen MR) is 115 cm³/mol. The molecule has 0 aliphatic carbocycles. The Bertz CT molecular complexity index is 523. The van der Waals surface area contributed by atoms with Gasteiger partial charge in [0.05, 0.1) is 13.2 Å². The molecule has 2 rings (SSSR count). The van der Waals surface area contributed by atoms with E-state index in [0.717, 1.165) is 25.7 Å². The van der Waals surface area contributed by atoms with Crippen LogP contribution in [0.4, 0.5) is 0 Å². The molecule has 0 spiro atoms. The van der Waals surface area contributed by atoms with Crippen molar-refractivity contribution in [3.8, 4) is 0 Å². The van der Waals surface area contributed by atoms with Crippen molar-refractivity contribution in [2.45, 2.75) is 120 Å². The van der Waals surface area contributed by atoms with E-state index < -0.39 is 74.6 Å². The van der Waals surface area contributed by atoms with Crippen LogP contribution in [0.1, 0.15) is 58.3 Å². The first-order chi connectivity index (χ1) is 15.8. The summed E-state index contributed by atoms with van der Waals surface area (Å²) in [4.78, 5) is 0. The summed E-state index contributed by atoms with van der Waals surface area (Å²) in [6.07, 6.45) is -5.26. The molecular weight excluding hydrogens is 440 g/mol. The van der Waals surface area contributed by atoms with Gasteiger partial charge < -0.3 is 54.7 Å². The second kappa shape index (κ2) is 14.8. The molecule has 0 saturated carbocycles. The molecule has 10 atom stereocenters. The van der Waals surface area contributed by atoms with Crippen LogP contribution in [-0.4, -0.2) is 117 Å². The smallest absolute Gasteiger partial charge is 0.187 e. The van der Waals surface area contributed by atoms with Crippen LogP contribution in [0.15, 0.2) is 0 Å². The van der Waals surface area contributed by atoms with Gasteiger partial charge in [0.1, 0.15) is 48.8 Å². The van der Waals surface area contributed by atoms with E-state index in [2.05, 4.69) is 6.92 Å². The summed E-state index contributed by atoms with van der Waals surface area (Å²) in [7, 11) is 0. The second-order valence-electron chi connectivity index (χ2n) is 8.85. The molecular formula is C22H42O11. The topological polar surface area (TPSA) is 179 Å². The molecule has 0 aromatic carbocycles. The van der Waals surface area contributed by atoms with E-state index in [4.69, 9.17) is 18.9 Å². The summed E-state index contributed by atoms with van der Waals surface area (Å²) >= 11 is 0. The molecule has 33 heavy (non-hydrogen) atoms. The minimum Gasteiger partial charge on any atom is -0.394 e. The molecule has 0 aromatic heterocycles. The third-order valence-electron chi connectivity index (χ3n) is 6.26. The zero-order chi connectivity index (χ0) is 24.4. The lowest BCUT2D eigenvalue weighted by Crippen LogP contribution is -2.64. The van der Waals surface area contributed by atoms with Crippen LogP contribution in [0.25, 0.3) is 0 Å². The molecule has 2 aliphatic rings. The van der Waals surface area contributed by atoms with Gasteiger partial charge in [0, 0.05) is 6.61 Å². The van der Waals surface area contributed by atoms with Gasteiger partial charge in [-0.15, -0.1) is 0 Å². The standard InChI is InChI=1S/C22H42O11/c1-2-3-4-5-6-7-8-9-10-30-20-15(25)13(11-23)32-22(18(20)28)33-19-14(12-24)31-21(29)17(27)16(19)26/h13-29H,2-12H2,1H3/t13-,14-,15-,16-,17-,18-,19-,20+,21-,22-/m1/s1. The van der Waals surface area contributed by atoms with E-state index in [1.807, 2.05) is 0 Å². The Hall–Kier alpha value is -0.440. The summed E-state index contributed by atoms with van der Waals surface area (Å²) in [5, 5.41) is 70.0. The van der Waals surface area contributed by atoms with E-state index >= 15 is 0 Å². The van der Waals surface area contributed by atoms with E-state index in [1.165, 1.54) is 25.7 Å². The van der Waals surface area contributed by atoms with Crippen molar-refractivity contribution < 1.29 is 54.7 Å². The third-order valence-corrected chi connectivity index (χ3v) is 6.26. The molecule has 0 bridgehead atoms. The largest absolute Gasteiger partial charge is 0.394 e. The predicted octanol–water partition coefficient (Wildman–Crippen LogP) is -1.23. The van der Waals surface area contributed by atoms with Crippen LogP contribution in [0.3, 0.4) is 0 Å². The van der Waals surface area contributed by atoms with Crippen LogP contribution < -0.4 is 0 Å². The first kappa shape index (κ1) is 28.8. The molecule has 196 valence electrons. The molecule has 0 radical (unpaired) electrons. The molecule has 7 N–H and O–H groups in total. The van der Waals surface area contributed by atoms with Gasteiger partial charge in [-0.3, -0.25) is 0 Å². The van der Waals surface area contributed by atoms with E-state index in [9.17, 15) is 35.7 Å². The van der Waals surface area contributed by atoms with Gasteiger partial charge in [0.2, 0.25) is 0 Å². The lowest BCUT2D eigenvalue weighted by atomic mass is 9.97. The first-order valence-corrected chi connectivity index (χ1v) is 12.1. The van der Waals surface area contributed by atoms with E-state index in [1.54, 1.807) is 0 Å². The molecule has 2 aliphatic heterocycles. The summed E-state index contributed by atoms with van der Waals surface area (Å²) in [6.45, 7) is 1.26. The maximum absolute atomic E-state index is 10.7. The van der Waals surface area contributed by atoms with Gasteiger partial charge in [0.15, 0.2) is 12.6 Å². The SMILES string of the molecule is CCCCCCCCCCO[C@@H]1[C@@H](O)[C@@H](O[C@H]2[C@H](O)[C@@H](O)[C@H](O)O[C@@H]2CO)O[C@H](CO)[C@H]1O. The molecule has 0 unspecified atom stereocenters. The number of rotatable bonds is 14. The Kier molecular flexibility index (Phi) is 13.0. The van der Waals surface area contributed by atoms with Crippen LogP contribution in [-0.2, 0) is 18.9 Å². The van der Waals surface area contributed by atoms with Crippen LogP contribution in [0.2, 0.25) is 0 Å². The van der Waals surface area contributed by atoms with Crippen molar-refractivity contribution in [3.05, 3.63) is 0 Å². The molecule has 2 heterocycles. The Morgan fingerprint density at radius 1 is 0.636 bits per heavy atom. The first-order valence-electron chi connectivity index (χ1n) is 12.1. The Morgan fingerprint density at radius 3 is 1.85 bits per heavy atom. The van der Waals surface area contributed by atoms with Gasteiger partial charge in [-0.1, -0.05) is 51.9 Å². The third kappa shape index (κ3) is 8.04. The minimum atomic E-state index is -1.72. The maximum atomic E-state index is 10.7. The fourth-order valence-electron chi connectivity index (χ4n) is 4.21. The van der Waals surface area contributed by atoms with Crippen LogP contribution in [0, 0.1) is 0 Å². The molecule has 2 saturated heterocycles. The Labute approximate surface area is 194 Å². The zero-order valence-corrected chi connectivity index (χ0v) is 19.3. The molecule has 0 amide bonds. The lowest BCUT2D eigenvalue weighted by molar-refractivity contribution is -0.357. The average Bonchev–Trinajstić information content (AvgIpc) is 2.81. The number of ether oxygens (including phenoxy) is 4. The molecule has 2 fully saturated rings. The van der Waals surface area contributed by atoms with E-state index in [0.29, 0.717) is 0 Å². The fraction of sp³-hybridized carbons (Fsp3) is 1.00. The highest BCUT2D eigenvalue weighted by Gasteiger charge is 2.50. The Morgan fingerprint density at radius 2 is 1.24 bits per heavy atom. The summed E-state index contributed by atoms with van der Waals surface area (Å²) in [5.41, 5.74) is 0. The molecule has 11 nitrogen and oxygen atoms in total. The van der Waals surface area contributed by atoms with Crippen molar-refractivity contribution in [1.29, 1.82) is 0 Å². The normalized spacial score (nSPS) is 39.6. The quantitative estimate of drug-likeness (QED) is 0.147. The monoisotopic (exact) mass is 482 g/mol. The second-order valence-corrected chi connectivity index (χ2v) is 8.85. The minimum absolute atomic E-state index is 0.290. The van der Waals surface area contributed by atoms with Crippen molar-refractivity contribution in [3.63, 3.8) is 0 Å². The number of aliphatic hydroxyl groups excluding tert-OH is 7. The summed E-state index contributed by atoms with van der Waals surface area (Å²) in [5.74, 6) is 0. The molecule has 0 aromatic rings. The fourth-order valence-corrected chi connectivity index (χ4v) is 4.21. The highest BCUT2D eigenvalue weighted by atomic mass is 16.7. The zero-order valence-electron chi connectivity index (χ0n) is 19.3. The van der Waals surface area contributed by atoms with Crippen LogP contribution in [0.5, 0.6) is 0 Å².